The fourth-order valence-corrected chi connectivity index (χ4v) is 3.12. The van der Waals surface area contributed by atoms with E-state index in [-0.39, 0.29) is 18.1 Å². The van der Waals surface area contributed by atoms with Crippen LogP contribution < -0.4 is 5.32 Å². The standard InChI is InChI=1S/C21H20N2O4/c1-13(24)22-18(21(26)27-2)12-16-15-10-6-7-11-17(15)23-19(16)20(25)14-8-4-3-5-9-14/h3-11,18,23H,12H2,1-2H3,(H,22,24). The van der Waals surface area contributed by atoms with Crippen molar-refractivity contribution in [3.63, 3.8) is 0 Å². The molecule has 27 heavy (non-hydrogen) atoms. The van der Waals surface area contributed by atoms with Gasteiger partial charge in [-0.05, 0) is 11.6 Å². The average Bonchev–Trinajstić information content (AvgIpc) is 3.05. The highest BCUT2D eigenvalue weighted by atomic mass is 16.5. The van der Waals surface area contributed by atoms with E-state index < -0.39 is 12.0 Å². The van der Waals surface area contributed by atoms with Crippen LogP contribution in [-0.2, 0) is 20.7 Å². The van der Waals surface area contributed by atoms with Gasteiger partial charge in [-0.3, -0.25) is 9.59 Å². The van der Waals surface area contributed by atoms with Gasteiger partial charge in [0.2, 0.25) is 11.7 Å². The Hall–Kier alpha value is -3.41. The predicted octanol–water partition coefficient (Wildman–Crippen LogP) is 2.62. The predicted molar refractivity (Wildman–Crippen MR) is 101 cm³/mol. The molecule has 0 saturated carbocycles. The van der Waals surface area contributed by atoms with Gasteiger partial charge in [0.1, 0.15) is 6.04 Å². The number of esters is 1. The van der Waals surface area contributed by atoms with Crippen molar-refractivity contribution in [2.75, 3.05) is 7.11 Å². The van der Waals surface area contributed by atoms with Crippen LogP contribution in [0.5, 0.6) is 0 Å². The van der Waals surface area contributed by atoms with Crippen LogP contribution in [0.15, 0.2) is 54.6 Å². The van der Waals surface area contributed by atoms with E-state index in [1.54, 1.807) is 24.3 Å². The molecule has 0 aliphatic carbocycles. The summed E-state index contributed by atoms with van der Waals surface area (Å²) in [6.45, 7) is 1.33. The van der Waals surface area contributed by atoms with Gasteiger partial charge in [-0.2, -0.15) is 0 Å². The molecule has 1 unspecified atom stereocenters. The van der Waals surface area contributed by atoms with Crippen molar-refractivity contribution in [1.29, 1.82) is 0 Å². The molecule has 2 aromatic carbocycles. The minimum Gasteiger partial charge on any atom is -0.467 e. The molecule has 0 aliphatic rings. The molecule has 2 N–H and O–H groups in total. The van der Waals surface area contributed by atoms with E-state index in [9.17, 15) is 14.4 Å². The number of amides is 1. The van der Waals surface area contributed by atoms with E-state index >= 15 is 0 Å². The molecule has 0 fully saturated rings. The number of rotatable bonds is 6. The first kappa shape index (κ1) is 18.4. The monoisotopic (exact) mass is 364 g/mol. The highest BCUT2D eigenvalue weighted by molar-refractivity contribution is 6.12. The molecule has 1 amide bonds. The topological polar surface area (TPSA) is 88.3 Å². The first-order valence-corrected chi connectivity index (χ1v) is 8.55. The van der Waals surface area contributed by atoms with Gasteiger partial charge in [-0.25, -0.2) is 4.79 Å². The number of nitrogens with one attached hydrogen (secondary N) is 2. The number of para-hydroxylation sites is 1. The first-order valence-electron chi connectivity index (χ1n) is 8.55. The lowest BCUT2D eigenvalue weighted by molar-refractivity contribution is -0.144. The van der Waals surface area contributed by atoms with Crippen LogP contribution in [-0.4, -0.2) is 35.8 Å². The normalized spacial score (nSPS) is 11.8. The molecule has 3 aromatic rings. The molecular formula is C21H20N2O4. The van der Waals surface area contributed by atoms with Crippen molar-refractivity contribution >= 4 is 28.6 Å². The van der Waals surface area contributed by atoms with Crippen LogP contribution in [0, 0.1) is 0 Å². The lowest BCUT2D eigenvalue weighted by Gasteiger charge is -2.16. The molecular weight excluding hydrogens is 344 g/mol. The number of H-pyrrole nitrogens is 1. The number of ketones is 1. The average molecular weight is 364 g/mol. The largest absolute Gasteiger partial charge is 0.467 e. The zero-order chi connectivity index (χ0) is 19.4. The fraction of sp³-hybridized carbons (Fsp3) is 0.190. The van der Waals surface area contributed by atoms with Crippen LogP contribution in [0.3, 0.4) is 0 Å². The van der Waals surface area contributed by atoms with E-state index in [1.807, 2.05) is 30.3 Å². The Labute approximate surface area is 156 Å². The Kier molecular flexibility index (Phi) is 5.35. The summed E-state index contributed by atoms with van der Waals surface area (Å²) in [6, 6.07) is 15.5. The zero-order valence-electron chi connectivity index (χ0n) is 15.1. The molecule has 0 aliphatic heterocycles. The lowest BCUT2D eigenvalue weighted by Crippen LogP contribution is -2.42. The van der Waals surface area contributed by atoms with Crippen molar-refractivity contribution in [2.45, 2.75) is 19.4 Å². The zero-order valence-corrected chi connectivity index (χ0v) is 15.1. The fourth-order valence-electron chi connectivity index (χ4n) is 3.12. The molecule has 138 valence electrons. The van der Waals surface area contributed by atoms with Crippen LogP contribution in [0.25, 0.3) is 10.9 Å². The highest BCUT2D eigenvalue weighted by Gasteiger charge is 2.26. The van der Waals surface area contributed by atoms with Crippen molar-refractivity contribution in [3.8, 4) is 0 Å². The number of methoxy groups -OCH3 is 1. The van der Waals surface area contributed by atoms with Crippen molar-refractivity contribution in [3.05, 3.63) is 71.4 Å². The molecule has 1 heterocycles. The van der Waals surface area contributed by atoms with Crippen molar-refractivity contribution < 1.29 is 19.1 Å². The Morgan fingerprint density at radius 2 is 1.70 bits per heavy atom. The maximum absolute atomic E-state index is 13.0. The smallest absolute Gasteiger partial charge is 0.328 e. The third-order valence-corrected chi connectivity index (χ3v) is 4.35. The highest BCUT2D eigenvalue weighted by Crippen LogP contribution is 2.26. The van der Waals surface area contributed by atoms with Crippen molar-refractivity contribution in [2.24, 2.45) is 0 Å². The van der Waals surface area contributed by atoms with Gasteiger partial charge in [0.25, 0.3) is 0 Å². The van der Waals surface area contributed by atoms with E-state index in [2.05, 4.69) is 10.3 Å². The summed E-state index contributed by atoms with van der Waals surface area (Å²) in [5.41, 5.74) is 2.41. The second-order valence-electron chi connectivity index (χ2n) is 6.20. The van der Waals surface area contributed by atoms with Gasteiger partial charge in [0, 0.05) is 29.8 Å². The van der Waals surface area contributed by atoms with Gasteiger partial charge in [-0.1, -0.05) is 48.5 Å². The minimum atomic E-state index is -0.881. The third kappa shape index (κ3) is 3.89. The van der Waals surface area contributed by atoms with Gasteiger partial charge < -0.3 is 15.0 Å². The number of carbonyl (C=O) groups is 3. The number of carbonyl (C=O) groups excluding carboxylic acids is 3. The summed E-state index contributed by atoms with van der Waals surface area (Å²) in [6.07, 6.45) is 0.143. The second-order valence-corrected chi connectivity index (χ2v) is 6.20. The number of benzene rings is 2. The van der Waals surface area contributed by atoms with Crippen LogP contribution >= 0.6 is 0 Å². The Balaban J connectivity index is 2.08. The third-order valence-electron chi connectivity index (χ3n) is 4.35. The Bertz CT molecular complexity index is 992. The number of hydrogen-bond acceptors (Lipinski definition) is 4. The van der Waals surface area contributed by atoms with Crippen LogP contribution in [0.1, 0.15) is 28.5 Å². The van der Waals surface area contributed by atoms with E-state index in [4.69, 9.17) is 4.74 Å². The Morgan fingerprint density at radius 3 is 2.37 bits per heavy atom. The molecule has 0 saturated heterocycles. The molecule has 1 aromatic heterocycles. The minimum absolute atomic E-state index is 0.143. The summed E-state index contributed by atoms with van der Waals surface area (Å²) in [4.78, 5) is 39.9. The number of hydrogen-bond donors (Lipinski definition) is 2. The maximum Gasteiger partial charge on any atom is 0.328 e. The summed E-state index contributed by atoms with van der Waals surface area (Å²) >= 11 is 0. The SMILES string of the molecule is COC(=O)C(Cc1c(C(=O)c2ccccc2)[nH]c2ccccc12)NC(C)=O. The van der Waals surface area contributed by atoms with Gasteiger partial charge in [0.15, 0.2) is 0 Å². The molecule has 6 heteroatoms. The molecule has 3 rings (SSSR count). The van der Waals surface area contributed by atoms with Crippen LogP contribution in [0.4, 0.5) is 0 Å². The van der Waals surface area contributed by atoms with Gasteiger partial charge in [-0.15, -0.1) is 0 Å². The molecule has 0 spiro atoms. The maximum atomic E-state index is 13.0. The molecule has 0 radical (unpaired) electrons. The number of aromatic nitrogens is 1. The van der Waals surface area contributed by atoms with E-state index in [1.165, 1.54) is 14.0 Å². The lowest BCUT2D eigenvalue weighted by atomic mass is 9.98. The van der Waals surface area contributed by atoms with Crippen molar-refractivity contribution in [1.82, 2.24) is 10.3 Å². The summed E-state index contributed by atoms with van der Waals surface area (Å²) in [5.74, 6) is -1.08. The molecule has 6 nitrogen and oxygen atoms in total. The number of ether oxygens (including phenoxy) is 1. The Morgan fingerprint density at radius 1 is 1.04 bits per heavy atom. The summed E-state index contributed by atoms with van der Waals surface area (Å²) in [5, 5.41) is 3.43. The van der Waals surface area contributed by atoms with Gasteiger partial charge in [0.05, 0.1) is 12.8 Å². The quantitative estimate of drug-likeness (QED) is 0.520. The van der Waals surface area contributed by atoms with Crippen LogP contribution in [0.2, 0.25) is 0 Å². The summed E-state index contributed by atoms with van der Waals surface area (Å²) < 4.78 is 4.81. The first-order chi connectivity index (χ1) is 13.0. The number of aromatic amines is 1. The van der Waals surface area contributed by atoms with E-state index in [0.717, 1.165) is 10.9 Å². The molecule has 1 atom stereocenters. The van der Waals surface area contributed by atoms with E-state index in [0.29, 0.717) is 16.8 Å². The molecule has 0 bridgehead atoms. The summed E-state index contributed by atoms with van der Waals surface area (Å²) in [7, 11) is 1.27. The van der Waals surface area contributed by atoms with Gasteiger partial charge >= 0.3 is 5.97 Å². The number of fused-ring (bicyclic) bond motifs is 1. The second kappa shape index (κ2) is 7.86.